The van der Waals surface area contributed by atoms with Crippen LogP contribution in [0.1, 0.15) is 26.2 Å². The molecule has 1 rings (SSSR count). The molecule has 0 aliphatic carbocycles. The molecule has 16 heavy (non-hydrogen) atoms. The molecule has 0 amide bonds. The van der Waals surface area contributed by atoms with Gasteiger partial charge in [-0.25, -0.2) is 0 Å². The molecule has 6 N–H and O–H groups in total. The van der Waals surface area contributed by atoms with Crippen LogP contribution < -0.4 is 11.1 Å². The maximum Gasteiger partial charge on any atom is 0.451 e. The fourth-order valence-corrected chi connectivity index (χ4v) is 2.05. The van der Waals surface area contributed by atoms with E-state index in [1.165, 1.54) is 0 Å². The summed E-state index contributed by atoms with van der Waals surface area (Å²) in [5.74, 6) is 0.262. The van der Waals surface area contributed by atoms with Gasteiger partial charge in [0.2, 0.25) is 0 Å². The highest BCUT2D eigenvalue weighted by atomic mass is 16.4. The predicted molar refractivity (Wildman–Crippen MR) is 63.8 cm³/mol. The second kappa shape index (κ2) is 5.98. The average molecular weight is 230 g/mol. The number of aliphatic hydroxyl groups is 1. The van der Waals surface area contributed by atoms with Gasteiger partial charge in [-0.05, 0) is 19.7 Å². The Bertz CT molecular complexity index is 210. The van der Waals surface area contributed by atoms with E-state index in [9.17, 15) is 5.11 Å². The molecule has 1 saturated heterocycles. The molecule has 0 aromatic heterocycles. The standard InChI is InChI=1S/C10H23BN2O3/c1-10(12,4-2-3-5-11(15)16)9(14)8-6-13-7-8/h8-9,13-16H,2-7,12H2,1H3. The van der Waals surface area contributed by atoms with Crippen molar-refractivity contribution in [2.75, 3.05) is 13.1 Å². The Morgan fingerprint density at radius 2 is 2.06 bits per heavy atom. The average Bonchev–Trinajstić information content (AvgIpc) is 2.09. The lowest BCUT2D eigenvalue weighted by molar-refractivity contribution is 0.0130. The molecule has 0 spiro atoms. The van der Waals surface area contributed by atoms with Crippen LogP contribution >= 0.6 is 0 Å². The van der Waals surface area contributed by atoms with Gasteiger partial charge in [-0.1, -0.05) is 12.8 Å². The summed E-state index contributed by atoms with van der Waals surface area (Å²) in [6.07, 6.45) is 2.13. The van der Waals surface area contributed by atoms with Crippen LogP contribution in [0.2, 0.25) is 6.32 Å². The number of nitrogens with one attached hydrogen (secondary N) is 1. The van der Waals surface area contributed by atoms with Crippen molar-refractivity contribution in [2.24, 2.45) is 11.7 Å². The molecule has 1 aliphatic rings. The Balaban J connectivity index is 2.21. The summed E-state index contributed by atoms with van der Waals surface area (Å²) in [6.45, 7) is 3.54. The summed E-state index contributed by atoms with van der Waals surface area (Å²) in [5, 5.41) is 30.5. The van der Waals surface area contributed by atoms with Crippen LogP contribution in [-0.2, 0) is 0 Å². The van der Waals surface area contributed by atoms with E-state index >= 15 is 0 Å². The number of hydrogen-bond acceptors (Lipinski definition) is 5. The highest BCUT2D eigenvalue weighted by molar-refractivity contribution is 6.40. The van der Waals surface area contributed by atoms with Crippen molar-refractivity contribution >= 4 is 7.12 Å². The van der Waals surface area contributed by atoms with E-state index < -0.39 is 18.8 Å². The van der Waals surface area contributed by atoms with Gasteiger partial charge in [-0.15, -0.1) is 0 Å². The molecular formula is C10H23BN2O3. The third-order valence-corrected chi connectivity index (χ3v) is 3.36. The molecule has 94 valence electrons. The Morgan fingerprint density at radius 3 is 2.50 bits per heavy atom. The fourth-order valence-electron chi connectivity index (χ4n) is 2.05. The van der Waals surface area contributed by atoms with E-state index in [1.807, 2.05) is 6.92 Å². The minimum absolute atomic E-state index is 0.262. The van der Waals surface area contributed by atoms with Gasteiger partial charge < -0.3 is 26.2 Å². The number of nitrogens with two attached hydrogens (primary N) is 1. The second-order valence-electron chi connectivity index (χ2n) is 5.10. The van der Waals surface area contributed by atoms with Gasteiger partial charge in [0.05, 0.1) is 6.10 Å². The van der Waals surface area contributed by atoms with Crippen LogP contribution in [0, 0.1) is 5.92 Å². The monoisotopic (exact) mass is 230 g/mol. The van der Waals surface area contributed by atoms with E-state index in [-0.39, 0.29) is 5.92 Å². The summed E-state index contributed by atoms with van der Waals surface area (Å²) < 4.78 is 0. The highest BCUT2D eigenvalue weighted by Gasteiger charge is 2.37. The number of hydrogen-bond donors (Lipinski definition) is 5. The zero-order chi connectivity index (χ0) is 12.2. The maximum absolute atomic E-state index is 10.0. The van der Waals surface area contributed by atoms with E-state index in [4.69, 9.17) is 15.8 Å². The van der Waals surface area contributed by atoms with Gasteiger partial charge in [-0.2, -0.15) is 0 Å². The van der Waals surface area contributed by atoms with E-state index in [0.717, 1.165) is 25.9 Å². The lowest BCUT2D eigenvalue weighted by Gasteiger charge is -2.40. The van der Waals surface area contributed by atoms with Crippen molar-refractivity contribution in [1.29, 1.82) is 0 Å². The van der Waals surface area contributed by atoms with Crippen LogP contribution in [0.15, 0.2) is 0 Å². The first-order valence-electron chi connectivity index (χ1n) is 5.97. The van der Waals surface area contributed by atoms with Gasteiger partial charge in [0.1, 0.15) is 0 Å². The number of unbranched alkanes of at least 4 members (excludes halogenated alkanes) is 1. The molecule has 0 saturated carbocycles. The van der Waals surface area contributed by atoms with Crippen molar-refractivity contribution in [3.8, 4) is 0 Å². The lowest BCUT2D eigenvalue weighted by Crippen LogP contribution is -2.59. The first-order chi connectivity index (χ1) is 7.43. The Morgan fingerprint density at radius 1 is 1.44 bits per heavy atom. The molecule has 0 aromatic carbocycles. The minimum atomic E-state index is -1.23. The van der Waals surface area contributed by atoms with Crippen LogP contribution in [0.5, 0.6) is 0 Å². The molecule has 1 heterocycles. The molecule has 0 aromatic rings. The van der Waals surface area contributed by atoms with Crippen molar-refractivity contribution in [1.82, 2.24) is 5.32 Å². The second-order valence-corrected chi connectivity index (χ2v) is 5.10. The first-order valence-corrected chi connectivity index (χ1v) is 5.97. The normalized spacial score (nSPS) is 22.3. The van der Waals surface area contributed by atoms with Gasteiger partial charge in [0, 0.05) is 24.5 Å². The molecule has 0 bridgehead atoms. The summed E-state index contributed by atoms with van der Waals surface area (Å²) in [7, 11) is -1.23. The Kier molecular flexibility index (Phi) is 5.20. The van der Waals surface area contributed by atoms with E-state index in [0.29, 0.717) is 12.7 Å². The summed E-state index contributed by atoms with van der Waals surface area (Å²) >= 11 is 0. The van der Waals surface area contributed by atoms with Gasteiger partial charge in [0.25, 0.3) is 0 Å². The predicted octanol–water partition coefficient (Wildman–Crippen LogP) is -1.07. The summed E-state index contributed by atoms with van der Waals surface area (Å²) in [4.78, 5) is 0. The molecule has 2 unspecified atom stereocenters. The van der Waals surface area contributed by atoms with Gasteiger partial charge >= 0.3 is 7.12 Å². The van der Waals surface area contributed by atoms with Crippen molar-refractivity contribution in [2.45, 2.75) is 44.1 Å². The van der Waals surface area contributed by atoms with E-state index in [1.54, 1.807) is 0 Å². The maximum atomic E-state index is 10.0. The van der Waals surface area contributed by atoms with Crippen molar-refractivity contribution in [3.63, 3.8) is 0 Å². The molecule has 0 radical (unpaired) electrons. The van der Waals surface area contributed by atoms with Crippen LogP contribution in [0.25, 0.3) is 0 Å². The largest absolute Gasteiger partial charge is 0.451 e. The quantitative estimate of drug-likeness (QED) is 0.283. The summed E-state index contributed by atoms with van der Waals surface area (Å²) in [5.41, 5.74) is 5.51. The zero-order valence-corrected chi connectivity index (χ0v) is 9.89. The third-order valence-electron chi connectivity index (χ3n) is 3.36. The Hall–Kier alpha value is -0.135. The van der Waals surface area contributed by atoms with Gasteiger partial charge in [0.15, 0.2) is 0 Å². The van der Waals surface area contributed by atoms with Crippen LogP contribution in [-0.4, -0.2) is 47.0 Å². The Labute approximate surface area is 97.2 Å². The number of aliphatic hydroxyl groups excluding tert-OH is 1. The minimum Gasteiger partial charge on any atom is -0.427 e. The van der Waals surface area contributed by atoms with Crippen molar-refractivity contribution < 1.29 is 15.2 Å². The van der Waals surface area contributed by atoms with Gasteiger partial charge in [-0.3, -0.25) is 0 Å². The van der Waals surface area contributed by atoms with Crippen molar-refractivity contribution in [3.05, 3.63) is 0 Å². The SMILES string of the molecule is CC(N)(CCCCB(O)O)C(O)C1CNC1. The highest BCUT2D eigenvalue weighted by Crippen LogP contribution is 2.23. The summed E-state index contributed by atoms with van der Waals surface area (Å²) in [6, 6.07) is 0. The molecule has 6 heteroatoms. The fraction of sp³-hybridized carbons (Fsp3) is 1.00. The third kappa shape index (κ3) is 4.03. The zero-order valence-electron chi connectivity index (χ0n) is 9.89. The lowest BCUT2D eigenvalue weighted by atomic mass is 9.78. The molecule has 1 fully saturated rings. The topological polar surface area (TPSA) is 98.7 Å². The molecule has 1 aliphatic heterocycles. The van der Waals surface area contributed by atoms with Crippen LogP contribution in [0.3, 0.4) is 0 Å². The number of rotatable bonds is 7. The molecule has 2 atom stereocenters. The molecular weight excluding hydrogens is 207 g/mol. The van der Waals surface area contributed by atoms with Crippen LogP contribution in [0.4, 0.5) is 0 Å². The molecule has 5 nitrogen and oxygen atoms in total. The first kappa shape index (κ1) is 13.9. The smallest absolute Gasteiger partial charge is 0.427 e. The van der Waals surface area contributed by atoms with E-state index in [2.05, 4.69) is 5.32 Å².